The molecule has 5 nitrogen and oxygen atoms in total. The van der Waals surface area contributed by atoms with Crippen molar-refractivity contribution in [3.05, 3.63) is 0 Å². The Labute approximate surface area is 108 Å². The minimum absolute atomic E-state index is 0.175. The quantitative estimate of drug-likeness (QED) is 0.584. The van der Waals surface area contributed by atoms with E-state index in [9.17, 15) is 18.0 Å². The summed E-state index contributed by atoms with van der Waals surface area (Å²) >= 11 is 0. The van der Waals surface area contributed by atoms with Gasteiger partial charge in [0.1, 0.15) is 12.3 Å². The molecule has 0 radical (unpaired) electrons. The van der Waals surface area contributed by atoms with Crippen molar-refractivity contribution in [1.82, 2.24) is 0 Å². The summed E-state index contributed by atoms with van der Waals surface area (Å²) in [5, 5.41) is 0. The number of hydrogen-bond acceptors (Lipinski definition) is 5. The van der Waals surface area contributed by atoms with Crippen molar-refractivity contribution in [2.45, 2.75) is 40.0 Å². The maximum absolute atomic E-state index is 11.9. The number of alkyl halides is 3. The normalized spacial score (nSPS) is 11.7. The second-order valence-corrected chi connectivity index (χ2v) is 4.01. The zero-order valence-corrected chi connectivity index (χ0v) is 11.1. The molecule has 0 unspecified atom stereocenters. The second kappa shape index (κ2) is 9.27. The van der Waals surface area contributed by atoms with Gasteiger partial charge in [-0.2, -0.15) is 22.8 Å². The lowest BCUT2D eigenvalue weighted by Crippen LogP contribution is -2.27. The number of halogens is 3. The second-order valence-electron chi connectivity index (χ2n) is 4.01. The Balaban J connectivity index is 0. The standard InChI is InChI=1S/C10H16F3NO2.CO2/c1-6(2)8(9(15)16-7(3)4)14-5-10(11,12)13;2-1-3/h6-7H,5H2,1-4H3;. The van der Waals surface area contributed by atoms with Crippen LogP contribution in [-0.4, -0.2) is 36.7 Å². The van der Waals surface area contributed by atoms with E-state index >= 15 is 0 Å². The third-order valence-electron chi connectivity index (χ3n) is 1.53. The van der Waals surface area contributed by atoms with Gasteiger partial charge in [0.15, 0.2) is 0 Å². The van der Waals surface area contributed by atoms with Crippen LogP contribution in [0.2, 0.25) is 0 Å². The molecule has 8 heteroatoms. The molecule has 0 bridgehead atoms. The molecule has 0 saturated carbocycles. The van der Waals surface area contributed by atoms with E-state index in [1.165, 1.54) is 0 Å². The Morgan fingerprint density at radius 2 is 1.63 bits per heavy atom. The van der Waals surface area contributed by atoms with E-state index in [-0.39, 0.29) is 18.0 Å². The number of carbonyl (C=O) groups excluding carboxylic acids is 3. The van der Waals surface area contributed by atoms with Crippen molar-refractivity contribution in [2.24, 2.45) is 10.9 Å². The molecule has 110 valence electrons. The van der Waals surface area contributed by atoms with Gasteiger partial charge in [0.2, 0.25) is 0 Å². The monoisotopic (exact) mass is 283 g/mol. The first-order valence-electron chi connectivity index (χ1n) is 5.36. The SMILES string of the molecule is CC(C)OC(=O)C(=NCC(F)(F)F)C(C)C.O=C=O. The molecule has 0 aliphatic carbocycles. The van der Waals surface area contributed by atoms with Crippen LogP contribution in [0.1, 0.15) is 27.7 Å². The number of rotatable bonds is 4. The van der Waals surface area contributed by atoms with E-state index in [2.05, 4.69) is 4.99 Å². The van der Waals surface area contributed by atoms with Crippen molar-refractivity contribution < 1.29 is 32.3 Å². The van der Waals surface area contributed by atoms with E-state index in [1.807, 2.05) is 0 Å². The summed E-state index contributed by atoms with van der Waals surface area (Å²) in [6, 6.07) is 0. The lowest BCUT2D eigenvalue weighted by molar-refractivity contribution is -0.191. The summed E-state index contributed by atoms with van der Waals surface area (Å²) in [4.78, 5) is 30.9. The van der Waals surface area contributed by atoms with Gasteiger partial charge >= 0.3 is 18.3 Å². The fourth-order valence-electron chi connectivity index (χ4n) is 0.932. The Kier molecular flexibility index (Phi) is 9.58. The van der Waals surface area contributed by atoms with Crippen molar-refractivity contribution in [3.63, 3.8) is 0 Å². The third-order valence-corrected chi connectivity index (χ3v) is 1.53. The zero-order valence-electron chi connectivity index (χ0n) is 11.1. The van der Waals surface area contributed by atoms with E-state index in [0.29, 0.717) is 0 Å². The highest BCUT2D eigenvalue weighted by Gasteiger charge is 2.28. The number of hydrogen-bond donors (Lipinski definition) is 0. The molecule has 0 aliphatic heterocycles. The van der Waals surface area contributed by atoms with Gasteiger partial charge in [-0.25, -0.2) is 4.79 Å². The van der Waals surface area contributed by atoms with E-state index in [0.717, 1.165) is 0 Å². The maximum Gasteiger partial charge on any atom is 0.407 e. The van der Waals surface area contributed by atoms with Crippen molar-refractivity contribution >= 4 is 17.8 Å². The van der Waals surface area contributed by atoms with Crippen molar-refractivity contribution in [2.75, 3.05) is 6.54 Å². The van der Waals surface area contributed by atoms with Crippen LogP contribution in [0.25, 0.3) is 0 Å². The molecule has 0 rings (SSSR count). The molecule has 0 amide bonds. The smallest absolute Gasteiger partial charge is 0.407 e. The minimum Gasteiger partial charge on any atom is -0.458 e. The lowest BCUT2D eigenvalue weighted by atomic mass is 10.1. The van der Waals surface area contributed by atoms with Crippen molar-refractivity contribution in [1.29, 1.82) is 0 Å². The molecule has 0 fully saturated rings. The van der Waals surface area contributed by atoms with Crippen molar-refractivity contribution in [3.8, 4) is 0 Å². The lowest BCUT2D eigenvalue weighted by Gasteiger charge is -2.13. The van der Waals surface area contributed by atoms with Crippen LogP contribution >= 0.6 is 0 Å². The van der Waals surface area contributed by atoms with Gasteiger partial charge < -0.3 is 4.74 Å². The molecular weight excluding hydrogens is 267 g/mol. The Hall–Kier alpha value is -1.69. The van der Waals surface area contributed by atoms with Gasteiger partial charge in [-0.3, -0.25) is 4.99 Å². The van der Waals surface area contributed by atoms with Gasteiger partial charge in [-0.05, 0) is 13.8 Å². The molecule has 0 N–H and O–H groups in total. The summed E-state index contributed by atoms with van der Waals surface area (Å²) in [6.07, 6.45) is -4.53. The molecule has 0 aromatic heterocycles. The van der Waals surface area contributed by atoms with Crippen LogP contribution in [-0.2, 0) is 19.1 Å². The molecule has 0 spiro atoms. The number of esters is 1. The fraction of sp³-hybridized carbons (Fsp3) is 0.727. The van der Waals surface area contributed by atoms with Crippen LogP contribution in [0.15, 0.2) is 4.99 Å². The van der Waals surface area contributed by atoms with Crippen LogP contribution in [0.4, 0.5) is 13.2 Å². The summed E-state index contributed by atoms with van der Waals surface area (Å²) in [6.45, 7) is 5.08. The van der Waals surface area contributed by atoms with E-state index in [4.69, 9.17) is 14.3 Å². The van der Waals surface area contributed by atoms with Gasteiger partial charge in [0.05, 0.1) is 6.10 Å². The largest absolute Gasteiger partial charge is 0.458 e. The Morgan fingerprint density at radius 1 is 1.21 bits per heavy atom. The van der Waals surface area contributed by atoms with Gasteiger partial charge in [0, 0.05) is 5.92 Å². The van der Waals surface area contributed by atoms with E-state index in [1.54, 1.807) is 27.7 Å². The number of carbonyl (C=O) groups is 1. The van der Waals surface area contributed by atoms with E-state index < -0.39 is 24.6 Å². The number of nitrogens with zero attached hydrogens (tertiary/aromatic N) is 1. The highest BCUT2D eigenvalue weighted by atomic mass is 19.4. The number of ether oxygens (including phenoxy) is 1. The molecule has 0 aromatic carbocycles. The summed E-state index contributed by atoms with van der Waals surface area (Å²) < 4.78 is 40.6. The third kappa shape index (κ3) is 12.6. The first kappa shape index (κ1) is 19.6. The average Bonchev–Trinajstić information content (AvgIpc) is 2.14. The minimum atomic E-state index is -4.40. The molecular formula is C11H16F3NO4. The maximum atomic E-state index is 11.9. The molecule has 0 saturated heterocycles. The summed E-state index contributed by atoms with van der Waals surface area (Å²) in [7, 11) is 0. The molecule has 0 aliphatic rings. The fourth-order valence-corrected chi connectivity index (χ4v) is 0.932. The highest BCUT2D eigenvalue weighted by Crippen LogP contribution is 2.15. The van der Waals surface area contributed by atoms with Crippen LogP contribution < -0.4 is 0 Å². The summed E-state index contributed by atoms with van der Waals surface area (Å²) in [5.41, 5.74) is -0.175. The topological polar surface area (TPSA) is 72.8 Å². The van der Waals surface area contributed by atoms with Crippen LogP contribution in [0, 0.1) is 5.92 Å². The number of aliphatic imine (C=N–C) groups is 1. The summed E-state index contributed by atoms with van der Waals surface area (Å²) in [5.74, 6) is -1.18. The predicted molar refractivity (Wildman–Crippen MR) is 59.4 cm³/mol. The molecule has 0 heterocycles. The molecule has 0 atom stereocenters. The van der Waals surface area contributed by atoms with Crippen LogP contribution in [0.3, 0.4) is 0 Å². The first-order valence-corrected chi connectivity index (χ1v) is 5.36. The predicted octanol–water partition coefficient (Wildman–Crippen LogP) is 2.01. The Bertz CT molecular complexity index is 342. The zero-order chi connectivity index (χ0) is 15.6. The van der Waals surface area contributed by atoms with Gasteiger partial charge in [0.25, 0.3) is 0 Å². The Morgan fingerprint density at radius 3 is 1.89 bits per heavy atom. The van der Waals surface area contributed by atoms with Gasteiger partial charge in [-0.15, -0.1) is 0 Å². The average molecular weight is 283 g/mol. The molecule has 0 aromatic rings. The van der Waals surface area contributed by atoms with Crippen LogP contribution in [0.5, 0.6) is 0 Å². The first-order chi connectivity index (χ1) is 8.55. The highest BCUT2D eigenvalue weighted by molar-refractivity contribution is 6.37. The van der Waals surface area contributed by atoms with Gasteiger partial charge in [-0.1, -0.05) is 13.8 Å². The molecule has 19 heavy (non-hydrogen) atoms.